The van der Waals surface area contributed by atoms with Crippen LogP contribution < -0.4 is 10.0 Å². The van der Waals surface area contributed by atoms with E-state index in [9.17, 15) is 13.2 Å². The predicted molar refractivity (Wildman–Crippen MR) is 110 cm³/mol. The Hall–Kier alpha value is -2.04. The fraction of sp³-hybridized carbons (Fsp3) is 0.526. The number of aromatic amines is 1. The van der Waals surface area contributed by atoms with Crippen LogP contribution in [0.1, 0.15) is 55.1 Å². The van der Waals surface area contributed by atoms with E-state index in [2.05, 4.69) is 20.2 Å². The van der Waals surface area contributed by atoms with E-state index < -0.39 is 10.0 Å². The van der Waals surface area contributed by atoms with Gasteiger partial charge in [-0.2, -0.15) is 5.10 Å². The molecular weight excluding hydrogens is 410 g/mol. The highest BCUT2D eigenvalue weighted by Crippen LogP contribution is 2.35. The maximum absolute atomic E-state index is 12.5. The summed E-state index contributed by atoms with van der Waals surface area (Å²) in [4.78, 5) is 12.4. The van der Waals surface area contributed by atoms with Gasteiger partial charge in [-0.3, -0.25) is 14.5 Å². The van der Waals surface area contributed by atoms with Crippen molar-refractivity contribution in [3.8, 4) is 0 Å². The lowest BCUT2D eigenvalue weighted by atomic mass is 9.92. The van der Waals surface area contributed by atoms with E-state index in [0.717, 1.165) is 44.1 Å². The molecule has 1 aromatic carbocycles. The second-order valence-electron chi connectivity index (χ2n) is 7.61. The summed E-state index contributed by atoms with van der Waals surface area (Å²) in [6, 6.07) is 5.68. The Labute approximate surface area is 175 Å². The summed E-state index contributed by atoms with van der Waals surface area (Å²) in [6.45, 7) is 0.306. The molecule has 1 fully saturated rings. The Bertz CT molecular complexity index is 1070. The second-order valence-corrected chi connectivity index (χ2v) is 9.76. The van der Waals surface area contributed by atoms with Crippen LogP contribution in [0, 0.1) is 4.77 Å². The summed E-state index contributed by atoms with van der Waals surface area (Å²) in [5.41, 5.74) is 2.35. The molecule has 1 saturated carbocycles. The Balaban J connectivity index is 1.28. The lowest BCUT2D eigenvalue weighted by Crippen LogP contribution is -2.31. The molecule has 2 aliphatic rings. The van der Waals surface area contributed by atoms with Crippen LogP contribution in [0.4, 0.5) is 0 Å². The zero-order valence-corrected chi connectivity index (χ0v) is 17.7. The molecular formula is C19H25N5O3S2. The largest absolute Gasteiger partial charge is 0.349 e. The molecule has 156 valence electrons. The standard InChI is InChI=1S/C19H25N5O3S2/c25-18(20-12-17-22-23-19(28)24(17)15-6-7-15)9-10-21-29(26,27)16-8-5-13-3-1-2-4-14(13)11-16/h5,8,11,15,21H,1-4,6-7,9-10,12H2,(H,20,25)(H,23,28). The number of fused-ring (bicyclic) bond motifs is 1. The number of aryl methyl sites for hydroxylation is 2. The van der Waals surface area contributed by atoms with Gasteiger partial charge in [0.05, 0.1) is 11.4 Å². The van der Waals surface area contributed by atoms with E-state index in [1.54, 1.807) is 12.1 Å². The van der Waals surface area contributed by atoms with Gasteiger partial charge in [-0.15, -0.1) is 0 Å². The zero-order chi connectivity index (χ0) is 20.4. The summed E-state index contributed by atoms with van der Waals surface area (Å²) in [7, 11) is -3.63. The molecule has 1 heterocycles. The monoisotopic (exact) mass is 435 g/mol. The first-order valence-corrected chi connectivity index (χ1v) is 11.9. The first-order valence-electron chi connectivity index (χ1n) is 9.98. The van der Waals surface area contributed by atoms with Crippen molar-refractivity contribution < 1.29 is 13.2 Å². The minimum absolute atomic E-state index is 0.0424. The molecule has 29 heavy (non-hydrogen) atoms. The fourth-order valence-corrected chi connectivity index (χ4v) is 5.08. The Morgan fingerprint density at radius 1 is 1.24 bits per heavy atom. The van der Waals surface area contributed by atoms with Crippen molar-refractivity contribution in [1.29, 1.82) is 0 Å². The predicted octanol–water partition coefficient (Wildman–Crippen LogP) is 2.14. The molecule has 0 atom stereocenters. The summed E-state index contributed by atoms with van der Waals surface area (Å²) in [6.07, 6.45) is 6.36. The minimum Gasteiger partial charge on any atom is -0.349 e. The molecule has 1 amide bonds. The topological polar surface area (TPSA) is 109 Å². The lowest BCUT2D eigenvalue weighted by molar-refractivity contribution is -0.121. The van der Waals surface area contributed by atoms with Gasteiger partial charge >= 0.3 is 0 Å². The van der Waals surface area contributed by atoms with Crippen molar-refractivity contribution in [1.82, 2.24) is 24.8 Å². The third-order valence-electron chi connectivity index (χ3n) is 5.41. The van der Waals surface area contributed by atoms with Gasteiger partial charge in [0.25, 0.3) is 0 Å². The smallest absolute Gasteiger partial charge is 0.240 e. The zero-order valence-electron chi connectivity index (χ0n) is 16.1. The molecule has 0 saturated heterocycles. The number of hydrogen-bond acceptors (Lipinski definition) is 5. The van der Waals surface area contributed by atoms with Crippen molar-refractivity contribution in [2.75, 3.05) is 6.54 Å². The van der Waals surface area contributed by atoms with Crippen molar-refractivity contribution >= 4 is 28.1 Å². The number of hydrogen-bond donors (Lipinski definition) is 3. The maximum atomic E-state index is 12.5. The number of carbonyl (C=O) groups excluding carboxylic acids is 1. The third kappa shape index (κ3) is 4.76. The highest BCUT2D eigenvalue weighted by Gasteiger charge is 2.27. The first kappa shape index (κ1) is 20.2. The molecule has 3 N–H and O–H groups in total. The minimum atomic E-state index is -3.63. The maximum Gasteiger partial charge on any atom is 0.240 e. The highest BCUT2D eigenvalue weighted by molar-refractivity contribution is 7.89. The summed E-state index contributed by atoms with van der Waals surface area (Å²) < 4.78 is 30.1. The van der Waals surface area contributed by atoms with Crippen LogP contribution in [0.25, 0.3) is 0 Å². The molecule has 0 spiro atoms. The first-order chi connectivity index (χ1) is 13.9. The van der Waals surface area contributed by atoms with E-state index >= 15 is 0 Å². The van der Waals surface area contributed by atoms with Gasteiger partial charge in [0.15, 0.2) is 10.6 Å². The molecule has 8 nitrogen and oxygen atoms in total. The van der Waals surface area contributed by atoms with Gasteiger partial charge in [0.1, 0.15) is 0 Å². The van der Waals surface area contributed by atoms with Gasteiger partial charge in [-0.25, -0.2) is 13.1 Å². The molecule has 4 rings (SSSR count). The number of amides is 1. The van der Waals surface area contributed by atoms with Gasteiger partial charge in [-0.05, 0) is 74.0 Å². The van der Waals surface area contributed by atoms with Crippen LogP contribution >= 0.6 is 12.2 Å². The highest BCUT2D eigenvalue weighted by atomic mass is 32.2. The number of benzene rings is 1. The summed E-state index contributed by atoms with van der Waals surface area (Å²) in [5.74, 6) is 0.454. The van der Waals surface area contributed by atoms with Crippen LogP contribution in [0.15, 0.2) is 23.1 Å². The fourth-order valence-electron chi connectivity index (χ4n) is 3.70. The van der Waals surface area contributed by atoms with E-state index in [4.69, 9.17) is 12.2 Å². The Morgan fingerprint density at radius 2 is 2.00 bits per heavy atom. The molecule has 2 aromatic rings. The van der Waals surface area contributed by atoms with Crippen LogP contribution in [0.2, 0.25) is 0 Å². The number of rotatable bonds is 8. The van der Waals surface area contributed by atoms with Crippen LogP contribution in [0.3, 0.4) is 0 Å². The normalized spacial score (nSPS) is 16.4. The molecule has 0 unspecified atom stereocenters. The van der Waals surface area contributed by atoms with Gasteiger partial charge in [0.2, 0.25) is 15.9 Å². The van der Waals surface area contributed by atoms with Gasteiger partial charge in [0, 0.05) is 19.0 Å². The molecule has 10 heteroatoms. The average molecular weight is 436 g/mol. The van der Waals surface area contributed by atoms with Crippen molar-refractivity contribution in [2.24, 2.45) is 0 Å². The van der Waals surface area contributed by atoms with Crippen molar-refractivity contribution in [3.63, 3.8) is 0 Å². The van der Waals surface area contributed by atoms with Crippen LogP contribution in [-0.2, 0) is 34.2 Å². The molecule has 0 bridgehead atoms. The van der Waals surface area contributed by atoms with E-state index in [1.807, 2.05) is 10.6 Å². The number of carbonyl (C=O) groups is 1. The summed E-state index contributed by atoms with van der Waals surface area (Å²) >= 11 is 5.22. The van der Waals surface area contributed by atoms with E-state index in [0.29, 0.717) is 16.6 Å². The molecule has 2 aliphatic carbocycles. The van der Waals surface area contributed by atoms with Crippen molar-refractivity contribution in [2.45, 2.75) is 62.4 Å². The Kier molecular flexibility index (Phi) is 5.84. The summed E-state index contributed by atoms with van der Waals surface area (Å²) in [5, 5.41) is 9.70. The van der Waals surface area contributed by atoms with Crippen molar-refractivity contribution in [3.05, 3.63) is 39.9 Å². The molecule has 0 radical (unpaired) electrons. The van der Waals surface area contributed by atoms with Crippen LogP contribution in [-0.4, -0.2) is 35.6 Å². The van der Waals surface area contributed by atoms with E-state index in [1.165, 1.54) is 5.56 Å². The Morgan fingerprint density at radius 3 is 2.76 bits per heavy atom. The number of sulfonamides is 1. The molecule has 1 aromatic heterocycles. The molecule has 0 aliphatic heterocycles. The van der Waals surface area contributed by atoms with Gasteiger partial charge in [-0.1, -0.05) is 6.07 Å². The lowest BCUT2D eigenvalue weighted by Gasteiger charge is -2.16. The third-order valence-corrected chi connectivity index (χ3v) is 7.15. The second kappa shape index (κ2) is 8.37. The quantitative estimate of drug-likeness (QED) is 0.551. The van der Waals surface area contributed by atoms with Crippen LogP contribution in [0.5, 0.6) is 0 Å². The number of aromatic nitrogens is 3. The average Bonchev–Trinajstić information content (AvgIpc) is 3.48. The number of nitrogens with zero attached hydrogens (tertiary/aromatic N) is 2. The van der Waals surface area contributed by atoms with Gasteiger partial charge < -0.3 is 5.32 Å². The SMILES string of the molecule is O=C(CCNS(=O)(=O)c1ccc2c(c1)CCCC2)NCc1n[nH]c(=S)n1C1CC1. The van der Waals surface area contributed by atoms with E-state index in [-0.39, 0.29) is 30.3 Å². The number of H-pyrrole nitrogens is 1. The number of nitrogens with one attached hydrogen (secondary N) is 3.